The summed E-state index contributed by atoms with van der Waals surface area (Å²) >= 11 is 0. The molecule has 0 bridgehead atoms. The van der Waals surface area contributed by atoms with Crippen molar-refractivity contribution in [3.05, 3.63) is 24.3 Å². The van der Waals surface area contributed by atoms with Crippen molar-refractivity contribution in [3.8, 4) is 0 Å². The van der Waals surface area contributed by atoms with Gasteiger partial charge in [-0.25, -0.2) is 0 Å². The summed E-state index contributed by atoms with van der Waals surface area (Å²) in [5.41, 5.74) is 1.12. The third-order valence-corrected chi connectivity index (χ3v) is 10.7. The van der Waals surface area contributed by atoms with Crippen LogP contribution in [0.5, 0.6) is 0 Å². The molecule has 9 atom stereocenters. The van der Waals surface area contributed by atoms with E-state index in [0.29, 0.717) is 16.7 Å². The molecule has 2 nitrogen and oxygen atoms in total. The summed E-state index contributed by atoms with van der Waals surface area (Å²) in [6.07, 6.45) is 15.9. The van der Waals surface area contributed by atoms with Gasteiger partial charge in [0.15, 0.2) is 0 Å². The minimum absolute atomic E-state index is 0.318. The fraction of sp³-hybridized carbons (Fsp3) is 0.857. The van der Waals surface area contributed by atoms with Crippen LogP contribution in [-0.4, -0.2) is 21.4 Å². The molecule has 0 aromatic heterocycles. The van der Waals surface area contributed by atoms with E-state index in [1.807, 2.05) is 13.8 Å². The summed E-state index contributed by atoms with van der Waals surface area (Å²) < 4.78 is 0. The van der Waals surface area contributed by atoms with Crippen LogP contribution in [0.3, 0.4) is 0 Å². The third-order valence-electron chi connectivity index (χ3n) is 10.7. The van der Waals surface area contributed by atoms with Crippen molar-refractivity contribution >= 4 is 0 Å². The Bertz CT molecular complexity index is 703. The van der Waals surface area contributed by atoms with E-state index >= 15 is 0 Å². The lowest BCUT2D eigenvalue weighted by Gasteiger charge is -2.59. The van der Waals surface area contributed by atoms with Crippen molar-refractivity contribution in [1.29, 1.82) is 0 Å². The molecule has 0 spiro atoms. The highest BCUT2D eigenvalue weighted by atomic mass is 16.3. The molecule has 170 valence electrons. The van der Waals surface area contributed by atoms with E-state index in [0.717, 1.165) is 55.8 Å². The Morgan fingerprint density at radius 3 is 2.60 bits per heavy atom. The fourth-order valence-corrected chi connectivity index (χ4v) is 8.60. The molecule has 0 aromatic carbocycles. The summed E-state index contributed by atoms with van der Waals surface area (Å²) in [6, 6.07) is 0. The van der Waals surface area contributed by atoms with Crippen LogP contribution in [0.15, 0.2) is 24.3 Å². The molecule has 1 unspecified atom stereocenters. The van der Waals surface area contributed by atoms with E-state index < -0.39 is 11.2 Å². The van der Waals surface area contributed by atoms with E-state index in [1.54, 1.807) is 11.6 Å². The number of hydrogen-bond acceptors (Lipinski definition) is 2. The van der Waals surface area contributed by atoms with Gasteiger partial charge in [0.1, 0.15) is 0 Å². The second kappa shape index (κ2) is 7.48. The molecule has 0 radical (unpaired) electrons. The minimum atomic E-state index is -0.730. The largest absolute Gasteiger partial charge is 0.390 e. The van der Waals surface area contributed by atoms with Gasteiger partial charge in [-0.15, -0.1) is 6.58 Å². The van der Waals surface area contributed by atoms with Gasteiger partial charge in [0.25, 0.3) is 0 Å². The van der Waals surface area contributed by atoms with Crippen molar-refractivity contribution < 1.29 is 10.2 Å². The molecule has 0 amide bonds. The number of allylic oxidation sites excluding steroid dienone is 1. The van der Waals surface area contributed by atoms with Crippen molar-refractivity contribution in [2.24, 2.45) is 40.4 Å². The standard InChI is InChI=1S/C28H46O2/c1-7-25(3,29)14-12-19(2)22-10-11-23-21-9-8-20-18-26(4,30)16-17-27(20,5)24(21)13-15-28(22,23)6/h7-8,19,21-24,29-30H,1,9-18H2,2-6H3/t19-,21+,22-,23+,24+,25?,26+,27+,28-/m1/s1. The van der Waals surface area contributed by atoms with Gasteiger partial charge >= 0.3 is 0 Å². The smallest absolute Gasteiger partial charge is 0.0797 e. The lowest BCUT2D eigenvalue weighted by molar-refractivity contribution is -0.0711. The molecule has 3 fully saturated rings. The molecule has 4 aliphatic rings. The van der Waals surface area contributed by atoms with Crippen LogP contribution >= 0.6 is 0 Å². The molecule has 0 saturated heterocycles. The highest BCUT2D eigenvalue weighted by Crippen LogP contribution is 2.67. The van der Waals surface area contributed by atoms with Gasteiger partial charge < -0.3 is 10.2 Å². The van der Waals surface area contributed by atoms with Crippen LogP contribution in [0.25, 0.3) is 0 Å². The Kier molecular flexibility index (Phi) is 5.63. The normalized spacial score (nSPS) is 48.6. The summed E-state index contributed by atoms with van der Waals surface area (Å²) in [5, 5.41) is 21.1. The summed E-state index contributed by atoms with van der Waals surface area (Å²) in [6.45, 7) is 15.3. The molecule has 0 heterocycles. The Morgan fingerprint density at radius 2 is 1.90 bits per heavy atom. The topological polar surface area (TPSA) is 40.5 Å². The lowest BCUT2D eigenvalue weighted by atomic mass is 9.46. The van der Waals surface area contributed by atoms with Crippen LogP contribution in [0.1, 0.15) is 98.8 Å². The number of rotatable bonds is 5. The van der Waals surface area contributed by atoms with Crippen LogP contribution in [-0.2, 0) is 0 Å². The van der Waals surface area contributed by atoms with Crippen molar-refractivity contribution in [2.45, 2.75) is 110 Å². The first kappa shape index (κ1) is 22.6. The molecular weight excluding hydrogens is 368 g/mol. The SMILES string of the molecule is C=CC(C)(O)CC[C@@H](C)[C@H]1CC[C@H]2[C@@H]3CC=C4C[C@@](C)(O)CC[C@]4(C)[C@H]3CC[C@]12C. The van der Waals surface area contributed by atoms with Crippen molar-refractivity contribution in [1.82, 2.24) is 0 Å². The van der Waals surface area contributed by atoms with Crippen LogP contribution < -0.4 is 0 Å². The first-order chi connectivity index (χ1) is 13.9. The average Bonchev–Trinajstić information content (AvgIpc) is 3.04. The molecule has 30 heavy (non-hydrogen) atoms. The van der Waals surface area contributed by atoms with Gasteiger partial charge in [-0.05, 0) is 118 Å². The summed E-state index contributed by atoms with van der Waals surface area (Å²) in [4.78, 5) is 0. The zero-order valence-electron chi connectivity index (χ0n) is 20.2. The Hall–Kier alpha value is -0.600. The molecule has 0 aliphatic heterocycles. The average molecular weight is 415 g/mol. The van der Waals surface area contributed by atoms with Crippen LogP contribution in [0.4, 0.5) is 0 Å². The lowest BCUT2D eigenvalue weighted by Crippen LogP contribution is -2.52. The highest BCUT2D eigenvalue weighted by molar-refractivity contribution is 5.26. The molecule has 2 N–H and O–H groups in total. The second-order valence-electron chi connectivity index (χ2n) is 12.7. The van der Waals surface area contributed by atoms with Gasteiger partial charge in [0.2, 0.25) is 0 Å². The van der Waals surface area contributed by atoms with E-state index in [1.165, 1.54) is 32.1 Å². The number of fused-ring (bicyclic) bond motifs is 5. The maximum absolute atomic E-state index is 10.7. The quantitative estimate of drug-likeness (QED) is 0.493. The molecule has 4 rings (SSSR count). The van der Waals surface area contributed by atoms with E-state index in [-0.39, 0.29) is 0 Å². The van der Waals surface area contributed by atoms with Crippen LogP contribution in [0.2, 0.25) is 0 Å². The molecule has 3 saturated carbocycles. The Labute approximate surface area is 185 Å². The summed E-state index contributed by atoms with van der Waals surface area (Å²) in [7, 11) is 0. The molecule has 0 aromatic rings. The maximum Gasteiger partial charge on any atom is 0.0797 e. The van der Waals surface area contributed by atoms with E-state index in [9.17, 15) is 10.2 Å². The van der Waals surface area contributed by atoms with Gasteiger partial charge in [-0.3, -0.25) is 0 Å². The maximum atomic E-state index is 10.7. The zero-order chi connectivity index (χ0) is 21.9. The first-order valence-electron chi connectivity index (χ1n) is 12.7. The predicted molar refractivity (Wildman–Crippen MR) is 125 cm³/mol. The van der Waals surface area contributed by atoms with Gasteiger partial charge in [-0.1, -0.05) is 38.5 Å². The third kappa shape index (κ3) is 3.64. The highest BCUT2D eigenvalue weighted by Gasteiger charge is 2.59. The second-order valence-corrected chi connectivity index (χ2v) is 12.7. The first-order valence-corrected chi connectivity index (χ1v) is 12.7. The zero-order valence-corrected chi connectivity index (χ0v) is 20.2. The Morgan fingerprint density at radius 1 is 1.17 bits per heavy atom. The fourth-order valence-electron chi connectivity index (χ4n) is 8.60. The predicted octanol–water partition coefficient (Wildman–Crippen LogP) is 6.67. The molecule has 2 heteroatoms. The monoisotopic (exact) mass is 414 g/mol. The van der Waals surface area contributed by atoms with Crippen LogP contribution in [0, 0.1) is 40.4 Å². The van der Waals surface area contributed by atoms with E-state index in [2.05, 4.69) is 33.4 Å². The Balaban J connectivity index is 1.51. The summed E-state index contributed by atoms with van der Waals surface area (Å²) in [5.74, 6) is 3.93. The van der Waals surface area contributed by atoms with E-state index in [4.69, 9.17) is 0 Å². The number of hydrogen-bond donors (Lipinski definition) is 2. The van der Waals surface area contributed by atoms with Crippen molar-refractivity contribution in [3.63, 3.8) is 0 Å². The molecule has 4 aliphatic carbocycles. The molecular formula is C28H46O2. The van der Waals surface area contributed by atoms with Gasteiger partial charge in [-0.2, -0.15) is 0 Å². The van der Waals surface area contributed by atoms with Crippen molar-refractivity contribution in [2.75, 3.05) is 0 Å². The van der Waals surface area contributed by atoms with Gasteiger partial charge in [0, 0.05) is 0 Å². The minimum Gasteiger partial charge on any atom is -0.390 e. The van der Waals surface area contributed by atoms with Gasteiger partial charge in [0.05, 0.1) is 11.2 Å². The number of aliphatic hydroxyl groups is 2.